The number of hydrogen-bond donors (Lipinski definition) is 1. The van der Waals surface area contributed by atoms with Gasteiger partial charge in [-0.15, -0.1) is 0 Å². The van der Waals surface area contributed by atoms with Crippen molar-refractivity contribution in [3.63, 3.8) is 0 Å². The second-order valence-electron chi connectivity index (χ2n) is 3.32. The molecular formula is C10H15N3OS. The Morgan fingerprint density at radius 1 is 1.53 bits per heavy atom. The summed E-state index contributed by atoms with van der Waals surface area (Å²) in [4.78, 5) is 4.39. The maximum Gasteiger partial charge on any atom is 0.168 e. The zero-order valence-corrected chi connectivity index (χ0v) is 10.2. The van der Waals surface area contributed by atoms with Crippen molar-refractivity contribution in [1.82, 2.24) is 9.55 Å². The van der Waals surface area contributed by atoms with Crippen molar-refractivity contribution in [3.05, 3.63) is 18.0 Å². The van der Waals surface area contributed by atoms with Gasteiger partial charge < -0.3 is 9.77 Å². The lowest BCUT2D eigenvalue weighted by atomic mass is 10.1. The normalized spacial score (nSPS) is 11.9. The number of aromatic nitrogens is 2. The highest BCUT2D eigenvalue weighted by Gasteiger charge is 2.16. The molecule has 1 rings (SSSR count). The molecule has 0 saturated carbocycles. The van der Waals surface area contributed by atoms with Crippen LogP contribution >= 0.6 is 11.8 Å². The number of nitrogens with zero attached hydrogens (tertiary/aromatic N) is 3. The monoisotopic (exact) mass is 225 g/mol. The van der Waals surface area contributed by atoms with Crippen molar-refractivity contribution in [2.24, 2.45) is 12.2 Å². The molecule has 4 nitrogen and oxygen atoms in total. The van der Waals surface area contributed by atoms with Gasteiger partial charge in [0.25, 0.3) is 0 Å². The van der Waals surface area contributed by atoms with E-state index in [2.05, 4.69) is 16.7 Å². The summed E-state index contributed by atoms with van der Waals surface area (Å²) in [5.74, 6) is 0. The molecular weight excluding hydrogens is 210 g/mol. The highest BCUT2D eigenvalue weighted by molar-refractivity contribution is 7.98. The summed E-state index contributed by atoms with van der Waals surface area (Å²) in [6.07, 6.45) is 1.96. The van der Waals surface area contributed by atoms with Crippen LogP contribution < -0.4 is 0 Å². The van der Waals surface area contributed by atoms with Crippen LogP contribution in [0.5, 0.6) is 0 Å². The van der Waals surface area contributed by atoms with Crippen LogP contribution in [0.15, 0.2) is 16.9 Å². The molecule has 0 saturated heterocycles. The van der Waals surface area contributed by atoms with Crippen LogP contribution in [-0.4, -0.2) is 26.7 Å². The molecule has 1 aromatic rings. The van der Waals surface area contributed by atoms with Crippen LogP contribution in [0, 0.1) is 0 Å². The minimum Gasteiger partial charge on any atom is -0.411 e. The number of oxime groups is 1. The average molecular weight is 225 g/mol. The molecule has 82 valence electrons. The molecule has 0 spiro atoms. The van der Waals surface area contributed by atoms with Crippen LogP contribution in [0.2, 0.25) is 0 Å². The Kier molecular flexibility index (Phi) is 3.57. The Balaban J connectivity index is 3.44. The molecule has 0 fully saturated rings. The van der Waals surface area contributed by atoms with Crippen LogP contribution in [0.3, 0.4) is 0 Å². The molecule has 15 heavy (non-hydrogen) atoms. The highest BCUT2D eigenvalue weighted by Crippen LogP contribution is 2.23. The topological polar surface area (TPSA) is 50.4 Å². The maximum atomic E-state index is 8.77. The first kappa shape index (κ1) is 11.8. The molecule has 0 radical (unpaired) electrons. The third kappa shape index (κ3) is 2.07. The third-order valence-corrected chi connectivity index (χ3v) is 2.86. The van der Waals surface area contributed by atoms with Crippen molar-refractivity contribution < 1.29 is 5.21 Å². The molecule has 0 aliphatic carbocycles. The summed E-state index contributed by atoms with van der Waals surface area (Å²) in [6, 6.07) is 0. The molecule has 0 amide bonds. The molecule has 0 unspecified atom stereocenters. The molecule has 1 N–H and O–H groups in total. The van der Waals surface area contributed by atoms with E-state index in [4.69, 9.17) is 5.21 Å². The van der Waals surface area contributed by atoms with Crippen LogP contribution in [-0.2, 0) is 7.05 Å². The van der Waals surface area contributed by atoms with E-state index in [0.717, 1.165) is 16.4 Å². The lowest BCUT2D eigenvalue weighted by Crippen LogP contribution is -2.02. The predicted molar refractivity (Wildman–Crippen MR) is 63.7 cm³/mol. The van der Waals surface area contributed by atoms with E-state index >= 15 is 0 Å². The molecule has 1 heterocycles. The van der Waals surface area contributed by atoms with E-state index in [0.29, 0.717) is 11.4 Å². The van der Waals surface area contributed by atoms with Gasteiger partial charge in [-0.05, 0) is 25.7 Å². The summed E-state index contributed by atoms with van der Waals surface area (Å²) in [5.41, 5.74) is 3.01. The molecule has 5 heteroatoms. The first-order chi connectivity index (χ1) is 7.02. The van der Waals surface area contributed by atoms with Crippen LogP contribution in [0.1, 0.15) is 25.2 Å². The molecule has 0 aliphatic rings. The standard InChI is InChI=1S/C10H15N3OS/c1-6(2)9-8(7(3)12-14)11-10(15-5)13(9)4/h14H,1H2,2-5H3/b12-7+. The number of rotatable bonds is 3. The van der Waals surface area contributed by atoms with Gasteiger partial charge in [-0.1, -0.05) is 23.5 Å². The van der Waals surface area contributed by atoms with E-state index in [1.807, 2.05) is 24.8 Å². The molecule has 0 atom stereocenters. The van der Waals surface area contributed by atoms with Gasteiger partial charge in [0.2, 0.25) is 0 Å². The van der Waals surface area contributed by atoms with Gasteiger partial charge in [-0.25, -0.2) is 4.98 Å². The number of thioether (sulfide) groups is 1. The predicted octanol–water partition coefficient (Wildman–Crippen LogP) is 2.37. The number of hydrogen-bond acceptors (Lipinski definition) is 4. The SMILES string of the molecule is C=C(C)c1c(/C(C)=N/O)nc(SC)n1C. The number of imidazole rings is 1. The van der Waals surface area contributed by atoms with E-state index in [1.54, 1.807) is 18.7 Å². The smallest absolute Gasteiger partial charge is 0.168 e. The Labute approximate surface area is 93.7 Å². The zero-order chi connectivity index (χ0) is 11.6. The van der Waals surface area contributed by atoms with Gasteiger partial charge in [-0.2, -0.15) is 0 Å². The summed E-state index contributed by atoms with van der Waals surface area (Å²) in [5, 5.41) is 12.8. The van der Waals surface area contributed by atoms with E-state index < -0.39 is 0 Å². The maximum absolute atomic E-state index is 8.77. The first-order valence-electron chi connectivity index (χ1n) is 4.48. The fourth-order valence-electron chi connectivity index (χ4n) is 1.45. The van der Waals surface area contributed by atoms with Crippen LogP contribution in [0.4, 0.5) is 0 Å². The molecule has 0 aliphatic heterocycles. The lowest BCUT2D eigenvalue weighted by molar-refractivity contribution is 0.319. The van der Waals surface area contributed by atoms with Gasteiger partial charge in [0.15, 0.2) is 5.16 Å². The third-order valence-electron chi connectivity index (χ3n) is 2.13. The van der Waals surface area contributed by atoms with E-state index in [-0.39, 0.29) is 0 Å². The zero-order valence-electron chi connectivity index (χ0n) is 9.40. The van der Waals surface area contributed by atoms with E-state index in [9.17, 15) is 0 Å². The lowest BCUT2D eigenvalue weighted by Gasteiger charge is -2.04. The highest BCUT2D eigenvalue weighted by atomic mass is 32.2. The summed E-state index contributed by atoms with van der Waals surface area (Å²) >= 11 is 1.55. The largest absolute Gasteiger partial charge is 0.411 e. The van der Waals surface area contributed by atoms with Crippen molar-refractivity contribution in [1.29, 1.82) is 0 Å². The summed E-state index contributed by atoms with van der Waals surface area (Å²) in [7, 11) is 1.93. The van der Waals surface area contributed by atoms with Crippen molar-refractivity contribution in [3.8, 4) is 0 Å². The second-order valence-corrected chi connectivity index (χ2v) is 4.09. The Morgan fingerprint density at radius 2 is 2.13 bits per heavy atom. The molecule has 0 aromatic carbocycles. The Hall–Kier alpha value is -1.23. The minimum absolute atomic E-state index is 0.504. The van der Waals surface area contributed by atoms with Crippen LogP contribution in [0.25, 0.3) is 5.57 Å². The quantitative estimate of drug-likeness (QED) is 0.372. The molecule has 0 bridgehead atoms. The van der Waals surface area contributed by atoms with Gasteiger partial charge >= 0.3 is 0 Å². The fraction of sp³-hybridized carbons (Fsp3) is 0.400. The first-order valence-corrected chi connectivity index (χ1v) is 5.71. The minimum atomic E-state index is 0.504. The van der Waals surface area contributed by atoms with Crippen molar-refractivity contribution in [2.45, 2.75) is 19.0 Å². The van der Waals surface area contributed by atoms with E-state index in [1.165, 1.54) is 0 Å². The van der Waals surface area contributed by atoms with Gasteiger partial charge in [0.05, 0.1) is 5.69 Å². The van der Waals surface area contributed by atoms with Crippen molar-refractivity contribution in [2.75, 3.05) is 6.26 Å². The van der Waals surface area contributed by atoms with Gasteiger partial charge in [-0.3, -0.25) is 0 Å². The average Bonchev–Trinajstić information content (AvgIpc) is 2.54. The summed E-state index contributed by atoms with van der Waals surface area (Å²) < 4.78 is 1.96. The Morgan fingerprint density at radius 3 is 2.53 bits per heavy atom. The second kappa shape index (κ2) is 4.53. The number of allylic oxidation sites excluding steroid dienone is 1. The molecule has 1 aromatic heterocycles. The van der Waals surface area contributed by atoms with Gasteiger partial charge in [0, 0.05) is 7.05 Å². The van der Waals surface area contributed by atoms with Gasteiger partial charge in [0.1, 0.15) is 11.4 Å². The fourth-order valence-corrected chi connectivity index (χ4v) is 2.00. The Bertz CT molecular complexity index is 421. The van der Waals surface area contributed by atoms with Crippen molar-refractivity contribution >= 4 is 23.0 Å². The summed E-state index contributed by atoms with van der Waals surface area (Å²) in [6.45, 7) is 7.54.